The molecule has 0 spiro atoms. The Hall–Kier alpha value is -1.96. The molecule has 2 aliphatic heterocycles. The van der Waals surface area contributed by atoms with Crippen LogP contribution in [0.2, 0.25) is 0 Å². The Labute approximate surface area is 77.6 Å². The molecule has 3 N–H and O–H groups in total. The Balaban J connectivity index is 2.51. The number of urea groups is 2. The van der Waals surface area contributed by atoms with Gasteiger partial charge in [0.05, 0.1) is 0 Å². The van der Waals surface area contributed by atoms with E-state index in [-0.39, 0.29) is 0 Å². The SMILES string of the molecule is CN1C(=O)NC(=O)C2=NC(=O)NC21O. The van der Waals surface area contributed by atoms with Crippen molar-refractivity contribution in [2.24, 2.45) is 4.99 Å². The highest BCUT2D eigenvalue weighted by Gasteiger charge is 2.53. The van der Waals surface area contributed by atoms with Gasteiger partial charge in [0.1, 0.15) is 0 Å². The summed E-state index contributed by atoms with van der Waals surface area (Å²) in [6.07, 6.45) is 0. The molecule has 0 radical (unpaired) electrons. The fourth-order valence-corrected chi connectivity index (χ4v) is 1.25. The quantitative estimate of drug-likeness (QED) is 0.417. The lowest BCUT2D eigenvalue weighted by molar-refractivity contribution is -0.118. The second kappa shape index (κ2) is 2.29. The van der Waals surface area contributed by atoms with E-state index in [4.69, 9.17) is 0 Å². The van der Waals surface area contributed by atoms with E-state index in [9.17, 15) is 19.5 Å². The summed E-state index contributed by atoms with van der Waals surface area (Å²) in [7, 11) is 1.23. The van der Waals surface area contributed by atoms with E-state index in [1.807, 2.05) is 10.6 Å². The zero-order chi connectivity index (χ0) is 10.5. The van der Waals surface area contributed by atoms with Crippen LogP contribution in [0.1, 0.15) is 0 Å². The van der Waals surface area contributed by atoms with Crippen LogP contribution in [0.5, 0.6) is 0 Å². The molecule has 74 valence electrons. The minimum absolute atomic E-state index is 0.426. The van der Waals surface area contributed by atoms with Crippen LogP contribution in [0.3, 0.4) is 0 Å². The van der Waals surface area contributed by atoms with Crippen LogP contribution in [0.25, 0.3) is 0 Å². The zero-order valence-corrected chi connectivity index (χ0v) is 7.07. The molecule has 0 aromatic rings. The number of nitrogens with zero attached hydrogens (tertiary/aromatic N) is 2. The van der Waals surface area contributed by atoms with Crippen molar-refractivity contribution < 1.29 is 19.5 Å². The molecule has 0 aromatic carbocycles. The number of carbonyl (C=O) groups is 3. The molecule has 1 fully saturated rings. The van der Waals surface area contributed by atoms with Gasteiger partial charge in [-0.3, -0.25) is 20.3 Å². The number of hydrogen-bond donors (Lipinski definition) is 3. The molecule has 1 atom stereocenters. The number of rotatable bonds is 0. The van der Waals surface area contributed by atoms with Crippen LogP contribution < -0.4 is 10.6 Å². The average molecular weight is 198 g/mol. The van der Waals surface area contributed by atoms with Gasteiger partial charge in [-0.05, 0) is 0 Å². The Morgan fingerprint density at radius 3 is 2.71 bits per heavy atom. The lowest BCUT2D eigenvalue weighted by Crippen LogP contribution is -2.71. The standard InChI is InChI=1S/C6H6N4O4/c1-10-5(13)8-3(11)2-6(10,14)9-4(12)7-2/h14H,1H3,(H,9,12)(H,8,11,13). The average Bonchev–Trinajstić information content (AvgIpc) is 2.40. The molecular weight excluding hydrogens is 192 g/mol. The second-order valence-corrected chi connectivity index (χ2v) is 2.88. The molecule has 2 aliphatic rings. The highest BCUT2D eigenvalue weighted by Crippen LogP contribution is 2.18. The van der Waals surface area contributed by atoms with Crippen LogP contribution in [-0.4, -0.2) is 46.6 Å². The molecule has 0 saturated carbocycles. The van der Waals surface area contributed by atoms with E-state index in [0.29, 0.717) is 0 Å². The lowest BCUT2D eigenvalue weighted by Gasteiger charge is -2.36. The zero-order valence-electron chi connectivity index (χ0n) is 7.07. The summed E-state index contributed by atoms with van der Waals surface area (Å²) in [6.45, 7) is 0. The van der Waals surface area contributed by atoms with E-state index in [1.54, 1.807) is 0 Å². The number of nitrogens with one attached hydrogen (secondary N) is 2. The van der Waals surface area contributed by atoms with Crippen molar-refractivity contribution in [2.75, 3.05) is 7.05 Å². The van der Waals surface area contributed by atoms with Gasteiger partial charge in [0.25, 0.3) is 11.8 Å². The van der Waals surface area contributed by atoms with Gasteiger partial charge in [-0.15, -0.1) is 0 Å². The Morgan fingerprint density at radius 2 is 2.07 bits per heavy atom. The number of fused-ring (bicyclic) bond motifs is 1. The number of aliphatic hydroxyl groups is 1. The number of amides is 5. The maximum atomic E-state index is 11.1. The molecule has 0 bridgehead atoms. The number of hydrogen-bond acceptors (Lipinski definition) is 4. The molecule has 1 saturated heterocycles. The molecule has 2 rings (SSSR count). The monoisotopic (exact) mass is 198 g/mol. The van der Waals surface area contributed by atoms with Gasteiger partial charge in [-0.25, -0.2) is 9.59 Å². The van der Waals surface area contributed by atoms with Crippen molar-refractivity contribution in [1.29, 1.82) is 0 Å². The first-order valence-corrected chi connectivity index (χ1v) is 3.68. The number of carbonyl (C=O) groups excluding carboxylic acids is 3. The molecule has 0 aliphatic carbocycles. The van der Waals surface area contributed by atoms with Crippen molar-refractivity contribution >= 4 is 23.7 Å². The largest absolute Gasteiger partial charge is 0.349 e. The molecular formula is C6H6N4O4. The van der Waals surface area contributed by atoms with Crippen molar-refractivity contribution in [1.82, 2.24) is 15.5 Å². The fourth-order valence-electron chi connectivity index (χ4n) is 1.25. The fraction of sp³-hybridized carbons (Fsp3) is 0.333. The van der Waals surface area contributed by atoms with Gasteiger partial charge < -0.3 is 5.11 Å². The van der Waals surface area contributed by atoms with E-state index in [0.717, 1.165) is 4.90 Å². The molecule has 5 amide bonds. The van der Waals surface area contributed by atoms with Gasteiger partial charge in [0.2, 0.25) is 0 Å². The van der Waals surface area contributed by atoms with E-state index < -0.39 is 29.5 Å². The van der Waals surface area contributed by atoms with Crippen molar-refractivity contribution in [3.63, 3.8) is 0 Å². The minimum Gasteiger partial charge on any atom is -0.349 e. The third-order valence-corrected chi connectivity index (χ3v) is 2.05. The van der Waals surface area contributed by atoms with Gasteiger partial charge >= 0.3 is 12.1 Å². The first-order valence-electron chi connectivity index (χ1n) is 3.68. The topological polar surface area (TPSA) is 111 Å². The van der Waals surface area contributed by atoms with E-state index >= 15 is 0 Å². The summed E-state index contributed by atoms with van der Waals surface area (Å²) in [5.74, 6) is -3.00. The van der Waals surface area contributed by atoms with Crippen LogP contribution in [0.4, 0.5) is 9.59 Å². The predicted molar refractivity (Wildman–Crippen MR) is 42.2 cm³/mol. The van der Waals surface area contributed by atoms with E-state index in [1.165, 1.54) is 7.05 Å². The van der Waals surface area contributed by atoms with Crippen LogP contribution in [-0.2, 0) is 4.79 Å². The highest BCUT2D eigenvalue weighted by atomic mass is 16.3. The summed E-state index contributed by atoms with van der Waals surface area (Å²) < 4.78 is 0. The van der Waals surface area contributed by atoms with Gasteiger partial charge in [0.15, 0.2) is 5.71 Å². The van der Waals surface area contributed by atoms with Crippen molar-refractivity contribution in [2.45, 2.75) is 5.85 Å². The molecule has 8 nitrogen and oxygen atoms in total. The van der Waals surface area contributed by atoms with Gasteiger partial charge in [-0.1, -0.05) is 0 Å². The first-order chi connectivity index (χ1) is 6.45. The third kappa shape index (κ3) is 0.852. The second-order valence-electron chi connectivity index (χ2n) is 2.88. The molecule has 1 unspecified atom stereocenters. The predicted octanol–water partition coefficient (Wildman–Crippen LogP) is -2.02. The number of imide groups is 1. The van der Waals surface area contributed by atoms with E-state index in [2.05, 4.69) is 4.99 Å². The highest BCUT2D eigenvalue weighted by molar-refractivity contribution is 6.48. The van der Waals surface area contributed by atoms with Crippen molar-refractivity contribution in [3.05, 3.63) is 0 Å². The molecule has 2 heterocycles. The summed E-state index contributed by atoms with van der Waals surface area (Å²) in [6, 6.07) is -1.67. The molecule has 8 heteroatoms. The smallest absolute Gasteiger partial charge is 0.345 e. The van der Waals surface area contributed by atoms with Gasteiger partial charge in [-0.2, -0.15) is 4.99 Å². The summed E-state index contributed by atoms with van der Waals surface area (Å²) in [4.78, 5) is 37.1. The maximum Gasteiger partial charge on any atom is 0.345 e. The Bertz CT molecular complexity index is 389. The Kier molecular flexibility index (Phi) is 1.41. The van der Waals surface area contributed by atoms with Gasteiger partial charge in [0, 0.05) is 7.05 Å². The summed E-state index contributed by atoms with van der Waals surface area (Å²) >= 11 is 0. The van der Waals surface area contributed by atoms with Crippen LogP contribution >= 0.6 is 0 Å². The summed E-state index contributed by atoms with van der Waals surface area (Å²) in [5.41, 5.74) is -0.426. The summed E-state index contributed by atoms with van der Waals surface area (Å²) in [5, 5.41) is 13.7. The maximum absolute atomic E-state index is 11.1. The first kappa shape index (κ1) is 8.63. The Morgan fingerprint density at radius 1 is 1.43 bits per heavy atom. The van der Waals surface area contributed by atoms with Crippen LogP contribution in [0, 0.1) is 0 Å². The minimum atomic E-state index is -2.11. The number of aliphatic imine (C=N–C) groups is 1. The molecule has 14 heavy (non-hydrogen) atoms. The van der Waals surface area contributed by atoms with Crippen molar-refractivity contribution in [3.8, 4) is 0 Å². The van der Waals surface area contributed by atoms with Crippen LogP contribution in [0.15, 0.2) is 4.99 Å². The normalized spacial score (nSPS) is 30.9. The third-order valence-electron chi connectivity index (χ3n) is 2.05. The lowest BCUT2D eigenvalue weighted by atomic mass is 10.2. The molecule has 0 aromatic heterocycles.